The Bertz CT molecular complexity index is 389. The lowest BCUT2D eigenvalue weighted by atomic mass is 10.2. The van der Waals surface area contributed by atoms with E-state index in [9.17, 15) is 9.18 Å². The van der Waals surface area contributed by atoms with Crippen molar-refractivity contribution in [3.05, 3.63) is 30.1 Å². The Morgan fingerprint density at radius 3 is 2.65 bits per heavy atom. The van der Waals surface area contributed by atoms with Gasteiger partial charge < -0.3 is 11.1 Å². The molecule has 1 atom stereocenters. The summed E-state index contributed by atoms with van der Waals surface area (Å²) in [5.74, 6) is 0.588. The molecule has 114 valence electrons. The second-order valence-electron chi connectivity index (χ2n) is 4.34. The van der Waals surface area contributed by atoms with Crippen LogP contribution in [-0.4, -0.2) is 24.2 Å². The lowest BCUT2D eigenvalue weighted by Gasteiger charge is -2.10. The van der Waals surface area contributed by atoms with E-state index in [0.717, 1.165) is 29.9 Å². The average molecular weight is 321 g/mol. The molecule has 0 aliphatic rings. The van der Waals surface area contributed by atoms with Gasteiger partial charge in [0, 0.05) is 11.4 Å². The van der Waals surface area contributed by atoms with Gasteiger partial charge in [-0.25, -0.2) is 4.39 Å². The van der Waals surface area contributed by atoms with Crippen molar-refractivity contribution >= 4 is 30.1 Å². The normalized spacial score (nSPS) is 11.6. The molecule has 1 unspecified atom stereocenters. The van der Waals surface area contributed by atoms with Crippen molar-refractivity contribution in [3.8, 4) is 0 Å². The van der Waals surface area contributed by atoms with Gasteiger partial charge in [-0.2, -0.15) is 0 Å². The molecule has 0 aromatic heterocycles. The molecule has 1 rings (SSSR count). The summed E-state index contributed by atoms with van der Waals surface area (Å²) in [6, 6.07) is 6.03. The lowest BCUT2D eigenvalue weighted by molar-refractivity contribution is -0.122. The number of benzene rings is 1. The lowest BCUT2D eigenvalue weighted by Crippen LogP contribution is -2.40. The van der Waals surface area contributed by atoms with Gasteiger partial charge in [0.15, 0.2) is 0 Å². The third kappa shape index (κ3) is 7.72. The van der Waals surface area contributed by atoms with Gasteiger partial charge in [0.1, 0.15) is 5.82 Å². The molecule has 0 saturated carbocycles. The van der Waals surface area contributed by atoms with Crippen molar-refractivity contribution in [3.63, 3.8) is 0 Å². The van der Waals surface area contributed by atoms with E-state index < -0.39 is 6.04 Å². The molecule has 1 aromatic carbocycles. The first kappa shape index (κ1) is 19.2. The number of carbonyl (C=O) groups is 1. The van der Waals surface area contributed by atoms with Crippen LogP contribution in [0.5, 0.6) is 0 Å². The fraction of sp³-hybridized carbons (Fsp3) is 0.500. The monoisotopic (exact) mass is 320 g/mol. The third-order valence-electron chi connectivity index (χ3n) is 2.64. The maximum Gasteiger partial charge on any atom is 0.236 e. The minimum absolute atomic E-state index is 0. The summed E-state index contributed by atoms with van der Waals surface area (Å²) in [5, 5.41) is 2.83. The maximum absolute atomic E-state index is 12.7. The summed E-state index contributed by atoms with van der Waals surface area (Å²) in [7, 11) is 0. The summed E-state index contributed by atoms with van der Waals surface area (Å²) in [5.41, 5.74) is 5.69. The Morgan fingerprint density at radius 2 is 2.05 bits per heavy atom. The van der Waals surface area contributed by atoms with Crippen molar-refractivity contribution in [1.82, 2.24) is 5.32 Å². The summed E-state index contributed by atoms with van der Waals surface area (Å²) >= 11 is 1.65. The molecule has 0 fully saturated rings. The van der Waals surface area contributed by atoms with Crippen molar-refractivity contribution in [2.45, 2.75) is 37.1 Å². The third-order valence-corrected chi connectivity index (χ3v) is 3.74. The van der Waals surface area contributed by atoms with Gasteiger partial charge in [-0.15, -0.1) is 24.2 Å². The molecule has 0 aliphatic heterocycles. The van der Waals surface area contributed by atoms with Crippen LogP contribution in [0.2, 0.25) is 0 Å². The molecule has 1 amide bonds. The van der Waals surface area contributed by atoms with Crippen molar-refractivity contribution in [2.24, 2.45) is 5.73 Å². The Morgan fingerprint density at radius 1 is 1.40 bits per heavy atom. The second-order valence-corrected chi connectivity index (χ2v) is 5.51. The van der Waals surface area contributed by atoms with Crippen LogP contribution in [0.15, 0.2) is 29.2 Å². The van der Waals surface area contributed by atoms with Crippen molar-refractivity contribution in [1.29, 1.82) is 0 Å². The molecule has 0 spiro atoms. The summed E-state index contributed by atoms with van der Waals surface area (Å²) in [4.78, 5) is 12.6. The van der Waals surface area contributed by atoms with E-state index in [-0.39, 0.29) is 24.1 Å². The SMILES string of the molecule is CCCC(N)C(=O)NCCCSc1ccc(F)cc1.Cl. The molecule has 0 aliphatic carbocycles. The second kappa shape index (κ2) is 10.9. The number of amides is 1. The molecule has 0 radical (unpaired) electrons. The van der Waals surface area contributed by atoms with Gasteiger partial charge in [-0.3, -0.25) is 4.79 Å². The molecule has 3 nitrogen and oxygen atoms in total. The van der Waals surface area contributed by atoms with Gasteiger partial charge in [-0.05, 0) is 42.9 Å². The van der Waals surface area contributed by atoms with Crippen LogP contribution in [0.1, 0.15) is 26.2 Å². The fourth-order valence-electron chi connectivity index (χ4n) is 1.58. The Kier molecular flexibility index (Phi) is 10.5. The minimum Gasteiger partial charge on any atom is -0.355 e. The summed E-state index contributed by atoms with van der Waals surface area (Å²) < 4.78 is 12.7. The molecule has 3 N–H and O–H groups in total. The van der Waals surface area contributed by atoms with Gasteiger partial charge in [0.2, 0.25) is 5.91 Å². The number of thioether (sulfide) groups is 1. The summed E-state index contributed by atoms with van der Waals surface area (Å²) in [6.07, 6.45) is 2.50. The van der Waals surface area contributed by atoms with Gasteiger partial charge in [0.25, 0.3) is 0 Å². The van der Waals surface area contributed by atoms with Crippen LogP contribution in [-0.2, 0) is 4.79 Å². The molecule has 0 bridgehead atoms. The molecule has 0 saturated heterocycles. The van der Waals surface area contributed by atoms with E-state index in [2.05, 4.69) is 5.32 Å². The molecule has 0 heterocycles. The first-order valence-corrected chi connectivity index (χ1v) is 7.53. The largest absolute Gasteiger partial charge is 0.355 e. The van der Waals surface area contributed by atoms with Crippen molar-refractivity contribution < 1.29 is 9.18 Å². The van der Waals surface area contributed by atoms with E-state index >= 15 is 0 Å². The number of carbonyl (C=O) groups excluding carboxylic acids is 1. The fourth-order valence-corrected chi connectivity index (χ4v) is 2.43. The summed E-state index contributed by atoms with van der Waals surface area (Å²) in [6.45, 7) is 2.64. The topological polar surface area (TPSA) is 55.1 Å². The quantitative estimate of drug-likeness (QED) is 0.572. The molecular weight excluding hydrogens is 299 g/mol. The maximum atomic E-state index is 12.7. The number of nitrogens with one attached hydrogen (secondary N) is 1. The number of halogens is 2. The zero-order valence-electron chi connectivity index (χ0n) is 11.6. The van der Waals surface area contributed by atoms with Crippen LogP contribution in [0.3, 0.4) is 0 Å². The Labute approximate surface area is 130 Å². The van der Waals surface area contributed by atoms with Crippen LogP contribution in [0.25, 0.3) is 0 Å². The van der Waals surface area contributed by atoms with Gasteiger partial charge in [0.05, 0.1) is 6.04 Å². The van der Waals surface area contributed by atoms with Crippen molar-refractivity contribution in [2.75, 3.05) is 12.3 Å². The Balaban J connectivity index is 0.00000361. The number of hydrogen-bond acceptors (Lipinski definition) is 3. The van der Waals surface area contributed by atoms with Crippen LogP contribution >= 0.6 is 24.2 Å². The number of hydrogen-bond donors (Lipinski definition) is 2. The van der Waals surface area contributed by atoms with Gasteiger partial charge >= 0.3 is 0 Å². The smallest absolute Gasteiger partial charge is 0.236 e. The van der Waals surface area contributed by atoms with E-state index in [1.807, 2.05) is 6.92 Å². The standard InChI is InChI=1S/C14H21FN2OS.ClH/c1-2-4-13(16)14(18)17-9-3-10-19-12-7-5-11(15)6-8-12;/h5-8,13H,2-4,9-10,16H2,1H3,(H,17,18);1H. The zero-order valence-corrected chi connectivity index (χ0v) is 13.2. The highest BCUT2D eigenvalue weighted by Gasteiger charge is 2.10. The Hall–Kier alpha value is -0.780. The first-order chi connectivity index (χ1) is 9.13. The predicted molar refractivity (Wildman–Crippen MR) is 84.9 cm³/mol. The number of rotatable bonds is 8. The average Bonchev–Trinajstić information content (AvgIpc) is 2.40. The van der Waals surface area contributed by atoms with Crippen LogP contribution in [0.4, 0.5) is 4.39 Å². The van der Waals surface area contributed by atoms with Crippen LogP contribution < -0.4 is 11.1 Å². The molecule has 6 heteroatoms. The predicted octanol–water partition coefficient (Wildman–Crippen LogP) is 2.97. The highest BCUT2D eigenvalue weighted by molar-refractivity contribution is 7.99. The van der Waals surface area contributed by atoms with E-state index in [0.29, 0.717) is 6.54 Å². The first-order valence-electron chi connectivity index (χ1n) is 6.55. The molecule has 1 aromatic rings. The van der Waals surface area contributed by atoms with Gasteiger partial charge in [-0.1, -0.05) is 13.3 Å². The molecule has 20 heavy (non-hydrogen) atoms. The highest BCUT2D eigenvalue weighted by Crippen LogP contribution is 2.18. The zero-order chi connectivity index (χ0) is 14.1. The van der Waals surface area contributed by atoms with E-state index in [4.69, 9.17) is 5.73 Å². The van der Waals surface area contributed by atoms with E-state index in [1.165, 1.54) is 12.1 Å². The highest BCUT2D eigenvalue weighted by atomic mass is 35.5. The van der Waals surface area contributed by atoms with E-state index in [1.54, 1.807) is 23.9 Å². The number of nitrogens with two attached hydrogens (primary N) is 1. The molecular formula is C14H22ClFN2OS. The minimum atomic E-state index is -0.394. The van der Waals surface area contributed by atoms with Crippen LogP contribution in [0, 0.1) is 5.82 Å².